The van der Waals surface area contributed by atoms with Gasteiger partial charge in [-0.25, -0.2) is 0 Å². The van der Waals surface area contributed by atoms with E-state index in [9.17, 15) is 0 Å². The number of aryl methyl sites for hydroxylation is 1. The summed E-state index contributed by atoms with van der Waals surface area (Å²) in [6, 6.07) is 6.99. The molecule has 1 unspecified atom stereocenters. The van der Waals surface area contributed by atoms with Gasteiger partial charge in [0.2, 0.25) is 0 Å². The summed E-state index contributed by atoms with van der Waals surface area (Å²) in [6.45, 7) is 7.76. The van der Waals surface area contributed by atoms with Crippen LogP contribution in [0.2, 0.25) is 0 Å². The van der Waals surface area contributed by atoms with Gasteiger partial charge in [0.25, 0.3) is 0 Å². The maximum absolute atomic E-state index is 5.26. The number of methoxy groups -OCH3 is 1. The quantitative estimate of drug-likeness (QED) is 0.867. The summed E-state index contributed by atoms with van der Waals surface area (Å²) in [5, 5.41) is 3.61. The van der Waals surface area contributed by atoms with Crippen LogP contribution in [0.3, 0.4) is 0 Å². The van der Waals surface area contributed by atoms with Crippen LogP contribution in [0.5, 0.6) is 5.75 Å². The Bertz CT molecular complexity index is 392. The molecule has 1 aromatic carbocycles. The molecule has 1 aliphatic heterocycles. The second-order valence-corrected chi connectivity index (χ2v) is 5.04. The van der Waals surface area contributed by atoms with Crippen LogP contribution in [0, 0.1) is 6.92 Å². The maximum atomic E-state index is 5.26. The fraction of sp³-hybridized carbons (Fsp3) is 0.600. The van der Waals surface area contributed by atoms with Gasteiger partial charge in [-0.15, -0.1) is 0 Å². The van der Waals surface area contributed by atoms with E-state index in [0.29, 0.717) is 6.04 Å². The zero-order chi connectivity index (χ0) is 13.0. The van der Waals surface area contributed by atoms with Gasteiger partial charge < -0.3 is 15.0 Å². The summed E-state index contributed by atoms with van der Waals surface area (Å²) in [5.41, 5.74) is 2.64. The van der Waals surface area contributed by atoms with Gasteiger partial charge in [0.05, 0.1) is 7.11 Å². The van der Waals surface area contributed by atoms with Crippen molar-refractivity contribution in [3.8, 4) is 5.75 Å². The van der Waals surface area contributed by atoms with Gasteiger partial charge in [-0.3, -0.25) is 0 Å². The highest BCUT2D eigenvalue weighted by Crippen LogP contribution is 2.27. The first-order valence-electron chi connectivity index (χ1n) is 6.87. The first-order valence-corrected chi connectivity index (χ1v) is 6.87. The third kappa shape index (κ3) is 2.96. The van der Waals surface area contributed by atoms with Gasteiger partial charge in [0.15, 0.2) is 0 Å². The normalized spacial score (nSPS) is 19.3. The van der Waals surface area contributed by atoms with Crippen molar-refractivity contribution in [3.63, 3.8) is 0 Å². The summed E-state index contributed by atoms with van der Waals surface area (Å²) >= 11 is 0. The molecule has 3 nitrogen and oxygen atoms in total. The Hall–Kier alpha value is -1.22. The molecule has 0 aromatic heterocycles. The molecule has 100 valence electrons. The zero-order valence-electron chi connectivity index (χ0n) is 11.7. The Kier molecular flexibility index (Phi) is 4.48. The van der Waals surface area contributed by atoms with Crippen molar-refractivity contribution < 1.29 is 4.74 Å². The van der Waals surface area contributed by atoms with Gasteiger partial charge in [-0.2, -0.15) is 0 Å². The number of hydrogen-bond acceptors (Lipinski definition) is 3. The molecule has 1 heterocycles. The SMILES string of the molecule is CCCNC1CCN(c2ccc(OC)cc2C)C1. The Labute approximate surface area is 110 Å². The Morgan fingerprint density at radius 1 is 1.44 bits per heavy atom. The summed E-state index contributed by atoms with van der Waals surface area (Å²) in [7, 11) is 1.72. The fourth-order valence-electron chi connectivity index (χ4n) is 2.60. The molecule has 0 saturated carbocycles. The Morgan fingerprint density at radius 3 is 2.94 bits per heavy atom. The number of anilines is 1. The van der Waals surface area contributed by atoms with Crippen molar-refractivity contribution in [2.24, 2.45) is 0 Å². The van der Waals surface area contributed by atoms with Crippen LogP contribution >= 0.6 is 0 Å². The third-order valence-electron chi connectivity index (χ3n) is 3.62. The van der Waals surface area contributed by atoms with E-state index < -0.39 is 0 Å². The van der Waals surface area contributed by atoms with E-state index in [1.54, 1.807) is 7.11 Å². The molecule has 0 radical (unpaired) electrons. The van der Waals surface area contributed by atoms with Crippen LogP contribution in [0.25, 0.3) is 0 Å². The lowest BCUT2D eigenvalue weighted by molar-refractivity contribution is 0.414. The second-order valence-electron chi connectivity index (χ2n) is 5.04. The van der Waals surface area contributed by atoms with E-state index >= 15 is 0 Å². The molecule has 1 fully saturated rings. The minimum absolute atomic E-state index is 0.645. The summed E-state index contributed by atoms with van der Waals surface area (Å²) < 4.78 is 5.26. The maximum Gasteiger partial charge on any atom is 0.119 e. The standard InChI is InChI=1S/C15H24N2O/c1-4-8-16-13-7-9-17(11-13)15-6-5-14(18-3)10-12(15)2/h5-6,10,13,16H,4,7-9,11H2,1-3H3. The molecule has 0 amide bonds. The molecule has 1 N–H and O–H groups in total. The number of rotatable bonds is 5. The monoisotopic (exact) mass is 248 g/mol. The molecular formula is C15H24N2O. The van der Waals surface area contributed by atoms with Crippen molar-refractivity contribution in [2.45, 2.75) is 32.7 Å². The van der Waals surface area contributed by atoms with Crippen LogP contribution in [0.1, 0.15) is 25.3 Å². The molecule has 0 aliphatic carbocycles. The molecule has 0 spiro atoms. The van der Waals surface area contributed by atoms with Crippen LogP contribution in [-0.4, -0.2) is 32.8 Å². The van der Waals surface area contributed by atoms with E-state index in [0.717, 1.165) is 25.4 Å². The van der Waals surface area contributed by atoms with E-state index in [-0.39, 0.29) is 0 Å². The average molecular weight is 248 g/mol. The molecule has 3 heteroatoms. The summed E-state index contributed by atoms with van der Waals surface area (Å²) in [4.78, 5) is 2.47. The van der Waals surface area contributed by atoms with Crippen molar-refractivity contribution in [1.29, 1.82) is 0 Å². The Morgan fingerprint density at radius 2 is 2.28 bits per heavy atom. The smallest absolute Gasteiger partial charge is 0.119 e. The zero-order valence-corrected chi connectivity index (χ0v) is 11.7. The number of hydrogen-bond donors (Lipinski definition) is 1. The van der Waals surface area contributed by atoms with Crippen molar-refractivity contribution in [1.82, 2.24) is 5.32 Å². The second kappa shape index (κ2) is 6.10. The van der Waals surface area contributed by atoms with Gasteiger partial charge >= 0.3 is 0 Å². The number of benzene rings is 1. The largest absolute Gasteiger partial charge is 0.497 e. The first kappa shape index (κ1) is 13.2. The molecular weight excluding hydrogens is 224 g/mol. The average Bonchev–Trinajstić information content (AvgIpc) is 2.84. The summed E-state index contributed by atoms with van der Waals surface area (Å²) in [6.07, 6.45) is 2.45. The molecule has 2 rings (SSSR count). The molecule has 0 bridgehead atoms. The Balaban J connectivity index is 2.00. The van der Waals surface area contributed by atoms with Crippen LogP contribution < -0.4 is 15.0 Å². The van der Waals surface area contributed by atoms with Gasteiger partial charge in [-0.05, 0) is 50.1 Å². The predicted molar refractivity (Wildman–Crippen MR) is 76.6 cm³/mol. The third-order valence-corrected chi connectivity index (χ3v) is 3.62. The minimum atomic E-state index is 0.645. The highest BCUT2D eigenvalue weighted by molar-refractivity contribution is 5.56. The molecule has 1 aliphatic rings. The number of nitrogens with zero attached hydrogens (tertiary/aromatic N) is 1. The lowest BCUT2D eigenvalue weighted by atomic mass is 10.1. The lowest BCUT2D eigenvalue weighted by Gasteiger charge is -2.21. The van der Waals surface area contributed by atoms with E-state index in [4.69, 9.17) is 4.74 Å². The molecule has 18 heavy (non-hydrogen) atoms. The lowest BCUT2D eigenvalue weighted by Crippen LogP contribution is -2.33. The van der Waals surface area contributed by atoms with Crippen LogP contribution in [-0.2, 0) is 0 Å². The van der Waals surface area contributed by atoms with E-state index in [2.05, 4.69) is 42.3 Å². The predicted octanol–water partition coefficient (Wildman–Crippen LogP) is 2.58. The first-order chi connectivity index (χ1) is 8.74. The van der Waals surface area contributed by atoms with Gasteiger partial charge in [-0.1, -0.05) is 6.92 Å². The van der Waals surface area contributed by atoms with Crippen LogP contribution in [0.4, 0.5) is 5.69 Å². The van der Waals surface area contributed by atoms with Gasteiger partial charge in [0.1, 0.15) is 5.75 Å². The molecule has 1 saturated heterocycles. The highest BCUT2D eigenvalue weighted by atomic mass is 16.5. The van der Waals surface area contributed by atoms with Gasteiger partial charge in [0, 0.05) is 24.8 Å². The molecule has 1 atom stereocenters. The summed E-state index contributed by atoms with van der Waals surface area (Å²) in [5.74, 6) is 0.941. The van der Waals surface area contributed by atoms with E-state index in [1.807, 2.05) is 0 Å². The van der Waals surface area contributed by atoms with Crippen molar-refractivity contribution in [3.05, 3.63) is 23.8 Å². The highest BCUT2D eigenvalue weighted by Gasteiger charge is 2.22. The number of nitrogens with one attached hydrogen (secondary N) is 1. The molecule has 1 aromatic rings. The topological polar surface area (TPSA) is 24.5 Å². The minimum Gasteiger partial charge on any atom is -0.497 e. The van der Waals surface area contributed by atoms with Crippen molar-refractivity contribution in [2.75, 3.05) is 31.6 Å². The van der Waals surface area contributed by atoms with E-state index in [1.165, 1.54) is 24.1 Å². The van der Waals surface area contributed by atoms with Crippen molar-refractivity contribution >= 4 is 5.69 Å². The number of ether oxygens (including phenoxy) is 1. The van der Waals surface area contributed by atoms with Crippen LogP contribution in [0.15, 0.2) is 18.2 Å². The fourth-order valence-corrected chi connectivity index (χ4v) is 2.60.